The summed E-state index contributed by atoms with van der Waals surface area (Å²) in [5, 5.41) is 5.47. The van der Waals surface area contributed by atoms with Crippen LogP contribution in [0.3, 0.4) is 0 Å². The first kappa shape index (κ1) is 25.0. The first-order valence-corrected chi connectivity index (χ1v) is 13.6. The average molecular weight is 518 g/mol. The highest BCUT2D eigenvalue weighted by Crippen LogP contribution is 2.31. The van der Waals surface area contributed by atoms with Crippen molar-refractivity contribution >= 4 is 33.3 Å². The molecule has 0 radical (unpaired) electrons. The molecule has 0 aliphatic heterocycles. The fourth-order valence-electron chi connectivity index (χ4n) is 4.43. The SMILES string of the molecule is CCCCCCCCOc1ccc(C=c2sc3nc(-c4oc5ccccc5c4C)nn3c2=O)cc1OC. The van der Waals surface area contributed by atoms with Crippen LogP contribution < -0.4 is 19.6 Å². The number of rotatable bonds is 11. The molecule has 0 N–H and O–H groups in total. The molecule has 0 saturated heterocycles. The van der Waals surface area contributed by atoms with E-state index < -0.39 is 0 Å². The summed E-state index contributed by atoms with van der Waals surface area (Å²) in [6.45, 7) is 4.86. The second kappa shape index (κ2) is 11.2. The molecule has 8 heteroatoms. The number of benzene rings is 2. The maximum absolute atomic E-state index is 13.1. The number of fused-ring (bicyclic) bond motifs is 2. The van der Waals surface area contributed by atoms with Gasteiger partial charge in [-0.2, -0.15) is 9.50 Å². The van der Waals surface area contributed by atoms with Crippen LogP contribution in [-0.4, -0.2) is 28.3 Å². The highest BCUT2D eigenvalue weighted by molar-refractivity contribution is 7.15. The standard InChI is InChI=1S/C29H31N3O4S/c1-4-5-6-7-8-11-16-35-23-15-14-20(17-24(23)34-3)18-25-28(33)32-29(37-25)30-27(31-32)26-19(2)21-12-9-10-13-22(21)36-26/h9-10,12-15,17-18H,4-8,11,16H2,1-3H3. The highest BCUT2D eigenvalue weighted by atomic mass is 32.1. The fraction of sp³-hybridized carbons (Fsp3) is 0.345. The summed E-state index contributed by atoms with van der Waals surface area (Å²) in [7, 11) is 1.63. The molecule has 0 spiro atoms. The molecule has 0 amide bonds. The maximum atomic E-state index is 13.1. The van der Waals surface area contributed by atoms with E-state index in [0.717, 1.165) is 28.5 Å². The summed E-state index contributed by atoms with van der Waals surface area (Å²) in [4.78, 5) is 18.2. The molecule has 3 heterocycles. The molecule has 0 aliphatic carbocycles. The predicted molar refractivity (Wildman–Crippen MR) is 148 cm³/mol. The van der Waals surface area contributed by atoms with Crippen LogP contribution in [0.5, 0.6) is 11.5 Å². The van der Waals surface area contributed by atoms with Crippen LogP contribution in [-0.2, 0) is 0 Å². The van der Waals surface area contributed by atoms with Gasteiger partial charge in [0.25, 0.3) is 5.56 Å². The quantitative estimate of drug-likeness (QED) is 0.195. The van der Waals surface area contributed by atoms with Crippen molar-refractivity contribution in [1.82, 2.24) is 14.6 Å². The number of aromatic nitrogens is 3. The van der Waals surface area contributed by atoms with Gasteiger partial charge in [0.2, 0.25) is 10.8 Å². The Kier molecular flexibility index (Phi) is 7.55. The van der Waals surface area contributed by atoms with Gasteiger partial charge >= 0.3 is 0 Å². The van der Waals surface area contributed by atoms with E-state index >= 15 is 0 Å². The summed E-state index contributed by atoms with van der Waals surface area (Å²) in [6.07, 6.45) is 9.11. The number of ether oxygens (including phenoxy) is 2. The molecule has 0 fully saturated rings. The van der Waals surface area contributed by atoms with E-state index in [4.69, 9.17) is 13.9 Å². The van der Waals surface area contributed by atoms with Crippen LogP contribution >= 0.6 is 11.3 Å². The zero-order valence-corrected chi connectivity index (χ0v) is 22.3. The zero-order chi connectivity index (χ0) is 25.8. The van der Waals surface area contributed by atoms with E-state index in [2.05, 4.69) is 17.0 Å². The molecule has 7 nitrogen and oxygen atoms in total. The number of methoxy groups -OCH3 is 1. The van der Waals surface area contributed by atoms with Gasteiger partial charge in [0.1, 0.15) is 5.58 Å². The second-order valence-electron chi connectivity index (χ2n) is 9.12. The number of para-hydroxylation sites is 1. The Labute approximate surface area is 219 Å². The van der Waals surface area contributed by atoms with E-state index in [1.165, 1.54) is 48.0 Å². The normalized spacial score (nSPS) is 12.1. The Morgan fingerprint density at radius 3 is 2.65 bits per heavy atom. The van der Waals surface area contributed by atoms with Gasteiger partial charge in [0.05, 0.1) is 18.2 Å². The lowest BCUT2D eigenvalue weighted by Gasteiger charge is -2.11. The van der Waals surface area contributed by atoms with Crippen LogP contribution in [0.15, 0.2) is 51.7 Å². The first-order chi connectivity index (χ1) is 18.1. The lowest BCUT2D eigenvalue weighted by Crippen LogP contribution is -2.23. The summed E-state index contributed by atoms with van der Waals surface area (Å²) in [5.41, 5.74) is 2.37. The number of nitrogens with zero attached hydrogens (tertiary/aromatic N) is 3. The van der Waals surface area contributed by atoms with E-state index in [9.17, 15) is 4.79 Å². The molecule has 5 rings (SSSR count). The minimum absolute atomic E-state index is 0.213. The molecule has 0 bridgehead atoms. The van der Waals surface area contributed by atoms with Crippen LogP contribution in [0.2, 0.25) is 0 Å². The average Bonchev–Trinajstić information content (AvgIpc) is 3.56. The van der Waals surface area contributed by atoms with Crippen molar-refractivity contribution in [2.45, 2.75) is 52.4 Å². The number of unbranched alkanes of at least 4 members (excludes halogenated alkanes) is 5. The Balaban J connectivity index is 1.34. The molecule has 0 saturated carbocycles. The number of furan rings is 1. The van der Waals surface area contributed by atoms with Gasteiger partial charge in [0, 0.05) is 10.9 Å². The third-order valence-electron chi connectivity index (χ3n) is 6.47. The minimum Gasteiger partial charge on any atom is -0.493 e. The molecular formula is C29H31N3O4S. The summed E-state index contributed by atoms with van der Waals surface area (Å²) >= 11 is 1.30. The van der Waals surface area contributed by atoms with Crippen molar-refractivity contribution in [3.05, 3.63) is 68.5 Å². The Morgan fingerprint density at radius 1 is 1.05 bits per heavy atom. The number of aryl methyl sites for hydroxylation is 1. The number of hydrogen-bond donors (Lipinski definition) is 0. The van der Waals surface area contributed by atoms with Crippen molar-refractivity contribution in [2.75, 3.05) is 13.7 Å². The second-order valence-corrected chi connectivity index (χ2v) is 10.1. The molecule has 2 aromatic carbocycles. The summed E-state index contributed by atoms with van der Waals surface area (Å²) < 4.78 is 19.4. The van der Waals surface area contributed by atoms with Crippen LogP contribution in [0.1, 0.15) is 56.6 Å². The van der Waals surface area contributed by atoms with Gasteiger partial charge < -0.3 is 13.9 Å². The Bertz CT molecular complexity index is 1630. The Hall–Kier alpha value is -3.65. The molecule has 192 valence electrons. The molecule has 0 atom stereocenters. The Morgan fingerprint density at radius 2 is 1.86 bits per heavy atom. The highest BCUT2D eigenvalue weighted by Gasteiger charge is 2.19. The third kappa shape index (κ3) is 5.25. The molecule has 37 heavy (non-hydrogen) atoms. The van der Waals surface area contributed by atoms with Crippen LogP contribution in [0, 0.1) is 6.92 Å². The van der Waals surface area contributed by atoms with E-state index in [1.807, 2.05) is 55.5 Å². The molecule has 0 aliphatic rings. The third-order valence-corrected chi connectivity index (χ3v) is 7.43. The van der Waals surface area contributed by atoms with Gasteiger partial charge in [-0.05, 0) is 43.2 Å². The monoisotopic (exact) mass is 517 g/mol. The van der Waals surface area contributed by atoms with Crippen molar-refractivity contribution < 1.29 is 13.9 Å². The van der Waals surface area contributed by atoms with Crippen LogP contribution in [0.25, 0.3) is 33.6 Å². The number of thiazole rings is 1. The summed E-state index contributed by atoms with van der Waals surface area (Å²) in [5.74, 6) is 2.36. The van der Waals surface area contributed by atoms with Crippen molar-refractivity contribution in [2.24, 2.45) is 0 Å². The maximum Gasteiger partial charge on any atom is 0.291 e. The predicted octanol–water partition coefficient (Wildman–Crippen LogP) is 6.17. The molecule has 0 unspecified atom stereocenters. The van der Waals surface area contributed by atoms with Crippen molar-refractivity contribution in [3.63, 3.8) is 0 Å². The van der Waals surface area contributed by atoms with Gasteiger partial charge in [-0.3, -0.25) is 4.79 Å². The molecule has 3 aromatic heterocycles. The van der Waals surface area contributed by atoms with Gasteiger partial charge in [-0.1, -0.05) is 74.6 Å². The molecule has 5 aromatic rings. The van der Waals surface area contributed by atoms with Gasteiger partial charge in [-0.25, -0.2) is 0 Å². The van der Waals surface area contributed by atoms with Gasteiger partial charge in [0.15, 0.2) is 17.3 Å². The van der Waals surface area contributed by atoms with Gasteiger partial charge in [-0.15, -0.1) is 5.10 Å². The van der Waals surface area contributed by atoms with E-state index in [-0.39, 0.29) is 5.56 Å². The van der Waals surface area contributed by atoms with Crippen molar-refractivity contribution in [1.29, 1.82) is 0 Å². The summed E-state index contributed by atoms with van der Waals surface area (Å²) in [6, 6.07) is 13.5. The zero-order valence-electron chi connectivity index (χ0n) is 21.5. The van der Waals surface area contributed by atoms with E-state index in [0.29, 0.717) is 39.2 Å². The first-order valence-electron chi connectivity index (χ1n) is 12.8. The lowest BCUT2D eigenvalue weighted by molar-refractivity contribution is 0.284. The smallest absolute Gasteiger partial charge is 0.291 e. The molecular weight excluding hydrogens is 486 g/mol. The van der Waals surface area contributed by atoms with Crippen LogP contribution in [0.4, 0.5) is 0 Å². The lowest BCUT2D eigenvalue weighted by atomic mass is 10.1. The van der Waals surface area contributed by atoms with E-state index in [1.54, 1.807) is 7.11 Å². The minimum atomic E-state index is -0.213. The topological polar surface area (TPSA) is 78.9 Å². The fourth-order valence-corrected chi connectivity index (χ4v) is 5.33. The van der Waals surface area contributed by atoms with Crippen molar-refractivity contribution in [3.8, 4) is 23.1 Å². The number of hydrogen-bond acceptors (Lipinski definition) is 7. The largest absolute Gasteiger partial charge is 0.493 e.